The Morgan fingerprint density at radius 1 is 1.03 bits per heavy atom. The van der Waals surface area contributed by atoms with Crippen molar-refractivity contribution in [1.82, 2.24) is 14.5 Å². The first-order valence-corrected chi connectivity index (χ1v) is 10.7. The van der Waals surface area contributed by atoms with E-state index >= 15 is 0 Å². The van der Waals surface area contributed by atoms with Crippen LogP contribution in [0.3, 0.4) is 0 Å². The maximum atomic E-state index is 14.5. The summed E-state index contributed by atoms with van der Waals surface area (Å²) in [7, 11) is 0. The Bertz CT molecular complexity index is 1200. The zero-order chi connectivity index (χ0) is 23.8. The van der Waals surface area contributed by atoms with Crippen LogP contribution < -0.4 is 0 Å². The fourth-order valence-corrected chi connectivity index (χ4v) is 4.79. The van der Waals surface area contributed by atoms with Crippen LogP contribution in [0.2, 0.25) is 10.2 Å². The van der Waals surface area contributed by atoms with Gasteiger partial charge < -0.3 is 23.9 Å². The van der Waals surface area contributed by atoms with E-state index in [1.807, 2.05) is 0 Å². The Hall–Kier alpha value is -1.95. The molecule has 2 aromatic heterocycles. The molecular weight excluding hydrogens is 486 g/mol. The van der Waals surface area contributed by atoms with Crippen molar-refractivity contribution in [3.8, 4) is 0 Å². The van der Waals surface area contributed by atoms with Crippen LogP contribution >= 0.6 is 23.2 Å². The molecule has 2 aliphatic rings. The first-order chi connectivity index (χ1) is 15.4. The predicted molar refractivity (Wildman–Crippen MR) is 112 cm³/mol. The number of benzene rings is 1. The second-order valence-corrected chi connectivity index (χ2v) is 9.20. The minimum absolute atomic E-state index is 0.182. The van der Waals surface area contributed by atoms with Gasteiger partial charge in [0.1, 0.15) is 35.4 Å². The van der Waals surface area contributed by atoms with Crippen molar-refractivity contribution < 1.29 is 32.5 Å². The number of hydrogen-bond acceptors (Lipinski definition) is 6. The lowest BCUT2D eigenvalue weighted by atomic mass is 9.84. The van der Waals surface area contributed by atoms with Gasteiger partial charge in [0.25, 0.3) is 0 Å². The van der Waals surface area contributed by atoms with Crippen LogP contribution in [0.5, 0.6) is 0 Å². The largest absolute Gasteiger partial charge is 0.424 e. The third kappa shape index (κ3) is 3.51. The monoisotopic (exact) mass is 503 g/mol. The molecule has 2 aliphatic heterocycles. The van der Waals surface area contributed by atoms with Gasteiger partial charge in [0.15, 0.2) is 12.0 Å². The third-order valence-corrected chi connectivity index (χ3v) is 6.45. The molecule has 0 radical (unpaired) electrons. The number of hydrogen-bond donors (Lipinski definition) is 1. The Labute approximate surface area is 196 Å². The minimum Gasteiger partial charge on any atom is -0.374 e. The Balaban J connectivity index is 1.64. The normalized spacial score (nSPS) is 28.7. The van der Waals surface area contributed by atoms with Gasteiger partial charge in [-0.1, -0.05) is 35.3 Å². The van der Waals surface area contributed by atoms with E-state index in [0.717, 1.165) is 12.1 Å². The molecule has 0 aliphatic carbocycles. The summed E-state index contributed by atoms with van der Waals surface area (Å²) >= 11 is 12.0. The highest BCUT2D eigenvalue weighted by Gasteiger charge is 2.70. The van der Waals surface area contributed by atoms with Gasteiger partial charge in [-0.3, -0.25) is 0 Å². The van der Waals surface area contributed by atoms with Crippen molar-refractivity contribution in [2.24, 2.45) is 0 Å². The molecule has 5 atom stereocenters. The van der Waals surface area contributed by atoms with E-state index in [-0.39, 0.29) is 10.2 Å². The van der Waals surface area contributed by atoms with Crippen LogP contribution in [0.1, 0.15) is 25.6 Å². The number of nitrogens with zero attached hydrogens (tertiary/aromatic N) is 3. The van der Waals surface area contributed by atoms with Gasteiger partial charge in [-0.05, 0) is 37.6 Å². The predicted octanol–water partition coefficient (Wildman–Crippen LogP) is 4.61. The summed E-state index contributed by atoms with van der Waals surface area (Å²) in [6, 6.07) is 6.39. The molecule has 0 unspecified atom stereocenters. The summed E-state index contributed by atoms with van der Waals surface area (Å²) in [4.78, 5) is 8.11. The van der Waals surface area contributed by atoms with Gasteiger partial charge >= 0.3 is 6.18 Å². The molecule has 33 heavy (non-hydrogen) atoms. The molecule has 2 fully saturated rings. The number of ether oxygens (including phenoxy) is 3. The molecule has 4 heterocycles. The summed E-state index contributed by atoms with van der Waals surface area (Å²) < 4.78 is 62.6. The number of aliphatic hydroxyl groups is 1. The summed E-state index contributed by atoms with van der Waals surface area (Å²) in [6.07, 6.45) is -7.47. The van der Waals surface area contributed by atoms with Crippen molar-refractivity contribution in [1.29, 1.82) is 0 Å². The van der Waals surface area contributed by atoms with E-state index in [2.05, 4.69) is 9.97 Å². The highest BCUT2D eigenvalue weighted by atomic mass is 35.5. The maximum Gasteiger partial charge on any atom is 0.424 e. The summed E-state index contributed by atoms with van der Waals surface area (Å²) in [6.45, 7) is 3.17. The molecule has 12 heteroatoms. The number of fused-ring (bicyclic) bond motifs is 2. The molecule has 5 rings (SSSR count). The smallest absolute Gasteiger partial charge is 0.374 e. The first-order valence-electron chi connectivity index (χ1n) is 9.96. The molecule has 0 saturated carbocycles. The second kappa shape index (κ2) is 7.53. The van der Waals surface area contributed by atoms with E-state index in [4.69, 9.17) is 37.4 Å². The second-order valence-electron chi connectivity index (χ2n) is 8.41. The van der Waals surface area contributed by atoms with Gasteiger partial charge in [-0.2, -0.15) is 13.2 Å². The van der Waals surface area contributed by atoms with Crippen molar-refractivity contribution in [3.05, 3.63) is 58.6 Å². The Kier molecular flexibility index (Phi) is 5.20. The molecule has 0 amide bonds. The van der Waals surface area contributed by atoms with Gasteiger partial charge in [0.05, 0.1) is 5.39 Å². The number of halogens is 5. The molecule has 0 bridgehead atoms. The summed E-state index contributed by atoms with van der Waals surface area (Å²) in [5, 5.41) is 12.1. The fourth-order valence-electron chi connectivity index (χ4n) is 4.48. The average molecular weight is 504 g/mol. The fraction of sp³-hybridized carbons (Fsp3) is 0.429. The molecule has 7 nitrogen and oxygen atoms in total. The maximum absolute atomic E-state index is 14.5. The van der Waals surface area contributed by atoms with E-state index in [9.17, 15) is 18.3 Å². The average Bonchev–Trinajstić information content (AvgIpc) is 3.38. The van der Waals surface area contributed by atoms with Gasteiger partial charge in [0, 0.05) is 11.2 Å². The lowest BCUT2D eigenvalue weighted by Crippen LogP contribution is -2.56. The van der Waals surface area contributed by atoms with Gasteiger partial charge in [-0.15, -0.1) is 0 Å². The quantitative estimate of drug-likeness (QED) is 0.526. The Morgan fingerprint density at radius 2 is 1.70 bits per heavy atom. The Morgan fingerprint density at radius 3 is 2.36 bits per heavy atom. The van der Waals surface area contributed by atoms with Crippen LogP contribution in [0.25, 0.3) is 11.0 Å². The van der Waals surface area contributed by atoms with Crippen LogP contribution in [0.4, 0.5) is 13.2 Å². The van der Waals surface area contributed by atoms with Crippen LogP contribution in [0, 0.1) is 0 Å². The molecule has 2 saturated heterocycles. The highest BCUT2D eigenvalue weighted by molar-refractivity contribution is 6.33. The molecule has 0 spiro atoms. The number of alkyl halides is 3. The first kappa shape index (κ1) is 22.8. The van der Waals surface area contributed by atoms with Crippen molar-refractivity contribution in [2.45, 2.75) is 56.0 Å². The van der Waals surface area contributed by atoms with Crippen molar-refractivity contribution in [2.75, 3.05) is 0 Å². The molecule has 176 valence electrons. The zero-order valence-corrected chi connectivity index (χ0v) is 18.8. The topological polar surface area (TPSA) is 78.6 Å². The number of rotatable bonds is 3. The van der Waals surface area contributed by atoms with Crippen LogP contribution in [-0.2, 0) is 19.8 Å². The van der Waals surface area contributed by atoms with E-state index in [1.165, 1.54) is 23.0 Å². The molecular formula is C21H18Cl2F3N3O4. The van der Waals surface area contributed by atoms with Crippen LogP contribution in [-0.4, -0.2) is 49.9 Å². The zero-order valence-electron chi connectivity index (χ0n) is 17.3. The van der Waals surface area contributed by atoms with Crippen molar-refractivity contribution >= 4 is 34.2 Å². The molecule has 3 aromatic rings. The minimum atomic E-state index is -5.11. The van der Waals surface area contributed by atoms with E-state index < -0.39 is 47.7 Å². The molecule has 1 N–H and O–H groups in total. The van der Waals surface area contributed by atoms with E-state index in [1.54, 1.807) is 26.1 Å². The van der Waals surface area contributed by atoms with Crippen molar-refractivity contribution in [3.63, 3.8) is 0 Å². The highest BCUT2D eigenvalue weighted by Crippen LogP contribution is 2.53. The summed E-state index contributed by atoms with van der Waals surface area (Å²) in [5.41, 5.74) is -3.50. The number of aromatic nitrogens is 3. The third-order valence-electron chi connectivity index (χ3n) is 5.89. The van der Waals surface area contributed by atoms with Gasteiger partial charge in [0.2, 0.25) is 5.60 Å². The standard InChI is InChI=1S/C21H18Cl2F3N3O4/c1-19(2)32-13-14(33-19)18(29-8-7-12-16(23)27-9-28-17(12)29)31-15(13)20(30,21(24,25)26)10-3-5-11(22)6-4-10/h3-9,13-15,18,30H,1-2H3/t13-,14+,15-,18+,20+/m0/s1. The van der Waals surface area contributed by atoms with Crippen LogP contribution in [0.15, 0.2) is 42.9 Å². The molecule has 1 aromatic carbocycles. The van der Waals surface area contributed by atoms with E-state index in [0.29, 0.717) is 11.0 Å². The lowest BCUT2D eigenvalue weighted by Gasteiger charge is -2.38. The lowest BCUT2D eigenvalue weighted by molar-refractivity contribution is -0.319. The van der Waals surface area contributed by atoms with Gasteiger partial charge in [-0.25, -0.2) is 9.97 Å². The summed E-state index contributed by atoms with van der Waals surface area (Å²) in [5.74, 6) is -1.21. The SMILES string of the molecule is CC1(C)O[C@@H]2[C@H](O1)[C@@H]([C@](O)(c1ccc(Cl)cc1)C(F)(F)F)O[C@H]2n1ccc2c(Cl)ncnc21.